The third kappa shape index (κ3) is 17.7. The number of methoxy groups -OCH3 is 1. The van der Waals surface area contributed by atoms with Crippen LogP contribution in [0, 0.1) is 24.8 Å². The number of hydrogen-bond donors (Lipinski definition) is 0. The number of cyclic esters (lactones) is 4. The SMILES string of the molecule is CC1(C)OC(=O)C(=C2c3ccc(-c4ccccc4)cc3S(=O)(=O)c3cc(C(F)(F)F)ccc32)C(=O)O1.Cc1ccc(-c2ccc3c(c2)S(=O)(=O)c2cc(-c4ccccc4)ccc2C3=C2C(=O)OC(C)(C)OC2=O)cc1.N#C/C(=C1/c2ccc(-c3ccccc3)cc2S(=O)(=O)c2cc(-c3ccc(C(F)(F)F)cc3)ccc21)C(F)(F)F.[C-]#[N+]C(C(=O)OC)=C1c2ccccc2S(=O)(=O)c2ccccc21. The van der Waals surface area contributed by atoms with Crippen LogP contribution in [0.4, 0.5) is 39.5 Å². The summed E-state index contributed by atoms with van der Waals surface area (Å²) in [5.74, 6) is -7.67. The Balaban J connectivity index is 0.000000134. The molecule has 6 aliphatic rings. The van der Waals surface area contributed by atoms with Crippen molar-refractivity contribution >= 4 is 91.5 Å². The number of alkyl halides is 9. The van der Waals surface area contributed by atoms with Gasteiger partial charge in [0.25, 0.3) is 17.3 Å². The Kier molecular flexibility index (Phi) is 24.3. The highest BCUT2D eigenvalue weighted by molar-refractivity contribution is 7.92. The molecule has 0 unspecified atom stereocenters. The highest BCUT2D eigenvalue weighted by atomic mass is 32.2. The average Bonchev–Trinajstić information content (AvgIpc) is 0.718. The number of ether oxygens (including phenoxy) is 5. The van der Waals surface area contributed by atoms with Gasteiger partial charge in [0, 0.05) is 83.4 Å². The minimum atomic E-state index is -5.08. The lowest BCUT2D eigenvalue weighted by Crippen LogP contribution is -2.42. The van der Waals surface area contributed by atoms with Gasteiger partial charge >= 0.3 is 48.4 Å². The smallest absolute Gasteiger partial charge is 0.426 e. The van der Waals surface area contributed by atoms with E-state index >= 15 is 0 Å². The summed E-state index contributed by atoms with van der Waals surface area (Å²) in [6, 6.07) is 76.4. The summed E-state index contributed by atoms with van der Waals surface area (Å²) in [5, 5.41) is 9.48. The number of nitriles is 1. The molecule has 0 aromatic heterocycles. The van der Waals surface area contributed by atoms with E-state index in [1.165, 1.54) is 89.4 Å². The Labute approximate surface area is 777 Å². The van der Waals surface area contributed by atoms with Gasteiger partial charge in [0.1, 0.15) is 11.6 Å². The zero-order valence-corrected chi connectivity index (χ0v) is 75.3. The number of carbonyl (C=O) groups excluding carboxylic acids is 5. The third-order valence-corrected chi connectivity index (χ3v) is 30.1. The van der Waals surface area contributed by atoms with Gasteiger partial charge in [-0.2, -0.15) is 44.8 Å². The number of rotatable bonds is 6. The molecule has 13 aromatic rings. The van der Waals surface area contributed by atoms with E-state index in [4.69, 9.17) is 25.5 Å². The highest BCUT2D eigenvalue weighted by Gasteiger charge is 2.49. The van der Waals surface area contributed by atoms with Crippen LogP contribution in [0.15, 0.2) is 359 Å². The van der Waals surface area contributed by atoms with Gasteiger partial charge in [0.2, 0.25) is 39.3 Å². The van der Waals surface area contributed by atoms with Crippen molar-refractivity contribution in [3.8, 4) is 61.7 Å². The maximum atomic E-state index is 14.2. The van der Waals surface area contributed by atoms with E-state index in [1.807, 2.05) is 61.5 Å². The first-order valence-corrected chi connectivity index (χ1v) is 47.0. The lowest BCUT2D eigenvalue weighted by atomic mass is 9.89. The van der Waals surface area contributed by atoms with Crippen molar-refractivity contribution in [2.24, 2.45) is 0 Å². The molecule has 2 saturated heterocycles. The summed E-state index contributed by atoms with van der Waals surface area (Å²) < 4.78 is 256. The van der Waals surface area contributed by atoms with E-state index < -0.39 is 142 Å². The first-order valence-electron chi connectivity index (χ1n) is 41.1. The average molecular weight is 1930 g/mol. The van der Waals surface area contributed by atoms with Gasteiger partial charge in [-0.1, -0.05) is 236 Å². The van der Waals surface area contributed by atoms with Gasteiger partial charge in [0.15, 0.2) is 11.1 Å². The van der Waals surface area contributed by atoms with Crippen LogP contribution in [0.3, 0.4) is 0 Å². The summed E-state index contributed by atoms with van der Waals surface area (Å²) in [4.78, 5) is 65.7. The fraction of sp³-hybridized carbons (Fsp3) is 0.106. The predicted octanol–water partition coefficient (Wildman–Crippen LogP) is 22.0. The van der Waals surface area contributed by atoms with Crippen molar-refractivity contribution in [3.63, 3.8) is 0 Å². The molecule has 0 bridgehead atoms. The van der Waals surface area contributed by atoms with Crippen molar-refractivity contribution in [1.82, 2.24) is 0 Å². The first kappa shape index (κ1) is 94.5. The quantitative estimate of drug-likeness (QED) is 0.0284. The number of nitrogens with zero attached hydrogens (tertiary/aromatic N) is 2. The minimum Gasteiger partial charge on any atom is -0.474 e. The molecule has 13 aromatic carbocycles. The molecule has 0 saturated carbocycles. The van der Waals surface area contributed by atoms with Crippen molar-refractivity contribution < 1.29 is 121 Å². The Morgan fingerprint density at radius 1 is 0.336 bits per heavy atom. The number of allylic oxidation sites excluding steroid dienone is 1. The van der Waals surface area contributed by atoms with Gasteiger partial charge in [-0.25, -0.2) is 57.7 Å². The topological polar surface area (TPSA) is 296 Å². The molecule has 19 rings (SSSR count). The van der Waals surface area contributed by atoms with E-state index in [9.17, 15) is 102 Å². The van der Waals surface area contributed by atoms with Crippen molar-refractivity contribution in [3.05, 3.63) is 392 Å². The number of hydrogen-bond acceptors (Lipinski definition) is 19. The van der Waals surface area contributed by atoms with E-state index in [1.54, 1.807) is 140 Å². The Bertz CT molecular complexity index is 7960. The van der Waals surface area contributed by atoms with Crippen molar-refractivity contribution in [1.29, 1.82) is 5.26 Å². The highest BCUT2D eigenvalue weighted by Crippen LogP contribution is 2.53. The normalized spacial score (nSPS) is 16.5. The van der Waals surface area contributed by atoms with Crippen molar-refractivity contribution in [2.45, 2.75) is 104 Å². The predicted molar refractivity (Wildman–Crippen MR) is 482 cm³/mol. The minimum absolute atomic E-state index is 0.00495. The van der Waals surface area contributed by atoms with Gasteiger partial charge in [-0.05, 0) is 140 Å². The van der Waals surface area contributed by atoms with Crippen molar-refractivity contribution in [2.75, 3.05) is 7.11 Å². The molecule has 0 spiro atoms. The fourth-order valence-corrected chi connectivity index (χ4v) is 23.3. The summed E-state index contributed by atoms with van der Waals surface area (Å²) in [5.41, 5.74) is 1.96. The summed E-state index contributed by atoms with van der Waals surface area (Å²) in [7, 11) is -15.4. The molecule has 20 nitrogen and oxygen atoms in total. The summed E-state index contributed by atoms with van der Waals surface area (Å²) >= 11 is 0. The van der Waals surface area contributed by atoms with Crippen LogP contribution in [0.1, 0.15) is 88.9 Å². The molecule has 0 radical (unpaired) electrons. The van der Waals surface area contributed by atoms with E-state index in [-0.39, 0.29) is 97.0 Å². The van der Waals surface area contributed by atoms with Gasteiger partial charge in [-0.15, -0.1) is 0 Å². The largest absolute Gasteiger partial charge is 0.474 e. The second-order valence-corrected chi connectivity index (χ2v) is 39.9. The molecule has 688 valence electrons. The molecule has 0 N–H and O–H groups in total. The Hall–Kier alpha value is -15.7. The van der Waals surface area contributed by atoms with Crippen LogP contribution in [0.5, 0.6) is 0 Å². The number of halogens is 9. The van der Waals surface area contributed by atoms with Gasteiger partial charge in [0.05, 0.1) is 64.0 Å². The monoisotopic (exact) mass is 1930 g/mol. The maximum absolute atomic E-state index is 14.2. The summed E-state index contributed by atoms with van der Waals surface area (Å²) in [6.45, 7) is 14.9. The van der Waals surface area contributed by atoms with Crippen LogP contribution in [-0.2, 0) is 99.4 Å². The lowest BCUT2D eigenvalue weighted by Gasteiger charge is -2.32. The number of carbonyl (C=O) groups is 5. The van der Waals surface area contributed by atoms with Gasteiger partial charge < -0.3 is 23.7 Å². The fourth-order valence-electron chi connectivity index (χ4n) is 16.5. The van der Waals surface area contributed by atoms with Crippen LogP contribution in [0.2, 0.25) is 0 Å². The van der Waals surface area contributed by atoms with E-state index in [0.717, 1.165) is 59.2 Å². The molecule has 0 atom stereocenters. The molecule has 0 amide bonds. The standard InChI is InChI=1S/C32H24O6S.C29H15F6NO2S.C26H17F3O6S.C17H11NO4S/c1-19-9-11-21(12-10-19)23-14-16-25-27(18-23)39(35,36)26-17-22(20-7-5-4-6-8-20)13-15-24(26)28(25)29-30(33)37-32(2,3)38-31(29)34;30-28(31,32)21-10-6-18(7-11-21)20-9-13-23-26(15-20)39(37,38)25-14-19(17-4-2-1-3-5-17)8-12-22(25)27(23)24(16-36)29(33,34)35;1-25(2)34-23(30)22(24(31)35-25)21-17-10-8-15(14-6-4-3-5-7-14)12-19(17)36(32,33)20-13-16(26(27,28)29)9-11-18(20)21;1-18-16(17(19)22-2)15-11-7-3-5-9-13(11)23(20,21)14-10-6-4-8-12(14)15/h4-18H,1-3H3;1-15H;3-13H,1-2H3;3-10H,2H3/b;27-24+;;. The number of esters is 5. The Morgan fingerprint density at radius 2 is 0.599 bits per heavy atom. The number of sulfone groups is 4. The second kappa shape index (κ2) is 35.3. The molecule has 137 heavy (non-hydrogen) atoms. The second-order valence-electron chi connectivity index (χ2n) is 32.4. The van der Waals surface area contributed by atoms with E-state index in [0.29, 0.717) is 56.6 Å². The molecule has 2 fully saturated rings. The number of aryl methyl sites for hydroxylation is 1. The molecular formula is C104H67F9N2O18S4. The first-order chi connectivity index (χ1) is 64.7. The van der Waals surface area contributed by atoms with Crippen LogP contribution in [-0.4, -0.2) is 88.4 Å². The Morgan fingerprint density at radius 3 is 0.912 bits per heavy atom. The van der Waals surface area contributed by atoms with E-state index in [2.05, 4.69) is 9.58 Å². The lowest BCUT2D eigenvalue weighted by molar-refractivity contribution is -0.224. The number of benzene rings is 13. The molecule has 33 heteroatoms. The van der Waals surface area contributed by atoms with Crippen LogP contribution < -0.4 is 0 Å². The summed E-state index contributed by atoms with van der Waals surface area (Å²) in [6.07, 6.45) is -14.5. The number of fused-ring (bicyclic) bond motifs is 8. The van der Waals surface area contributed by atoms with Crippen LogP contribution >= 0.6 is 0 Å². The molecule has 6 aliphatic heterocycles. The zero-order valence-electron chi connectivity index (χ0n) is 72.1. The molecule has 0 aliphatic carbocycles. The molecule has 6 heterocycles. The third-order valence-electron chi connectivity index (χ3n) is 22.8. The van der Waals surface area contributed by atoms with Crippen LogP contribution in [0.25, 0.3) is 82.8 Å². The van der Waals surface area contributed by atoms with Gasteiger partial charge in [-0.3, -0.25) is 4.79 Å². The molecular weight excluding hydrogens is 1860 g/mol. The zero-order chi connectivity index (χ0) is 98.3. The maximum Gasteiger partial charge on any atom is 0.426 e.